The normalized spacial score (nSPS) is 14.5. The Morgan fingerprint density at radius 2 is 2.21 bits per heavy atom. The first kappa shape index (κ1) is 8.05. The fourth-order valence-corrected chi connectivity index (χ4v) is 2.24. The molecule has 0 bridgehead atoms. The van der Waals surface area contributed by atoms with Gasteiger partial charge < -0.3 is 5.32 Å². The van der Waals surface area contributed by atoms with Gasteiger partial charge in [-0.15, -0.1) is 0 Å². The van der Waals surface area contributed by atoms with Gasteiger partial charge in [-0.05, 0) is 24.3 Å². The van der Waals surface area contributed by atoms with Crippen LogP contribution in [0.15, 0.2) is 28.7 Å². The molecular formula is C10H7BrN2O. The SMILES string of the molecule is O=C1NCc2cc3cc(Br)ccc3n21. The van der Waals surface area contributed by atoms with Crippen molar-refractivity contribution in [3.63, 3.8) is 0 Å². The van der Waals surface area contributed by atoms with E-state index in [9.17, 15) is 4.79 Å². The lowest BCUT2D eigenvalue weighted by Gasteiger charge is -1.97. The minimum atomic E-state index is -0.0303. The van der Waals surface area contributed by atoms with Crippen molar-refractivity contribution >= 4 is 32.9 Å². The highest BCUT2D eigenvalue weighted by Gasteiger charge is 2.20. The van der Waals surface area contributed by atoms with Gasteiger partial charge >= 0.3 is 6.03 Å². The molecule has 0 saturated heterocycles. The van der Waals surface area contributed by atoms with Gasteiger partial charge in [0.1, 0.15) is 0 Å². The molecule has 1 aromatic heterocycles. The second-order valence-corrected chi connectivity index (χ2v) is 4.25. The molecule has 3 rings (SSSR count). The van der Waals surface area contributed by atoms with E-state index < -0.39 is 0 Å². The highest BCUT2D eigenvalue weighted by molar-refractivity contribution is 9.10. The van der Waals surface area contributed by atoms with Crippen LogP contribution in [-0.2, 0) is 6.54 Å². The summed E-state index contributed by atoms with van der Waals surface area (Å²) in [5.74, 6) is 0. The fraction of sp³-hybridized carbons (Fsp3) is 0.100. The zero-order valence-corrected chi connectivity index (χ0v) is 8.84. The number of nitrogens with one attached hydrogen (secondary N) is 1. The first-order valence-corrected chi connectivity index (χ1v) is 5.13. The number of fused-ring (bicyclic) bond motifs is 3. The summed E-state index contributed by atoms with van der Waals surface area (Å²) in [4.78, 5) is 11.5. The number of carbonyl (C=O) groups is 1. The van der Waals surface area contributed by atoms with Gasteiger partial charge in [-0.1, -0.05) is 15.9 Å². The summed E-state index contributed by atoms with van der Waals surface area (Å²) in [6, 6.07) is 7.93. The first-order valence-electron chi connectivity index (χ1n) is 4.34. The summed E-state index contributed by atoms with van der Waals surface area (Å²) in [5.41, 5.74) is 2.00. The van der Waals surface area contributed by atoms with E-state index in [2.05, 4.69) is 21.2 Å². The van der Waals surface area contributed by atoms with Gasteiger partial charge in [-0.25, -0.2) is 4.79 Å². The predicted molar refractivity (Wildman–Crippen MR) is 57.3 cm³/mol. The number of halogens is 1. The maximum Gasteiger partial charge on any atom is 0.326 e. The Hall–Kier alpha value is -1.29. The Bertz CT molecular complexity index is 544. The van der Waals surface area contributed by atoms with Gasteiger partial charge in [0.15, 0.2) is 0 Å². The van der Waals surface area contributed by atoms with Gasteiger partial charge in [0.05, 0.1) is 12.1 Å². The first-order chi connectivity index (χ1) is 6.75. The molecule has 14 heavy (non-hydrogen) atoms. The van der Waals surface area contributed by atoms with Crippen molar-refractivity contribution in [1.82, 2.24) is 9.88 Å². The molecule has 2 heterocycles. The quantitative estimate of drug-likeness (QED) is 0.766. The summed E-state index contributed by atoms with van der Waals surface area (Å²) in [6.07, 6.45) is 0. The zero-order chi connectivity index (χ0) is 9.71. The fourth-order valence-electron chi connectivity index (χ4n) is 1.86. The number of hydrogen-bond donors (Lipinski definition) is 1. The maximum absolute atomic E-state index is 11.5. The zero-order valence-electron chi connectivity index (χ0n) is 7.25. The highest BCUT2D eigenvalue weighted by atomic mass is 79.9. The minimum absolute atomic E-state index is 0.0303. The molecule has 4 heteroatoms. The van der Waals surface area contributed by atoms with E-state index in [0.29, 0.717) is 6.54 Å². The Balaban J connectivity index is 2.41. The monoisotopic (exact) mass is 250 g/mol. The topological polar surface area (TPSA) is 34.0 Å². The van der Waals surface area contributed by atoms with Crippen LogP contribution < -0.4 is 5.32 Å². The van der Waals surface area contributed by atoms with E-state index >= 15 is 0 Å². The van der Waals surface area contributed by atoms with Crippen molar-refractivity contribution in [3.8, 4) is 0 Å². The van der Waals surface area contributed by atoms with Crippen LogP contribution in [0.5, 0.6) is 0 Å². The van der Waals surface area contributed by atoms with Crippen molar-refractivity contribution in [3.05, 3.63) is 34.4 Å². The molecule has 0 unspecified atom stereocenters. The molecule has 0 radical (unpaired) electrons. The van der Waals surface area contributed by atoms with E-state index in [4.69, 9.17) is 0 Å². The molecule has 2 aromatic rings. The van der Waals surface area contributed by atoms with E-state index in [1.165, 1.54) is 0 Å². The molecule has 70 valence electrons. The molecular weight excluding hydrogens is 244 g/mol. The van der Waals surface area contributed by atoms with E-state index in [1.807, 2.05) is 24.3 Å². The Kier molecular flexibility index (Phi) is 1.50. The average Bonchev–Trinajstić information content (AvgIpc) is 2.66. The molecule has 1 aliphatic rings. The van der Waals surface area contributed by atoms with Gasteiger partial charge in [-0.3, -0.25) is 4.57 Å². The highest BCUT2D eigenvalue weighted by Crippen LogP contribution is 2.25. The maximum atomic E-state index is 11.5. The van der Waals surface area contributed by atoms with Crippen LogP contribution in [0, 0.1) is 0 Å². The van der Waals surface area contributed by atoms with Crippen LogP contribution in [0.25, 0.3) is 10.9 Å². The van der Waals surface area contributed by atoms with Crippen molar-refractivity contribution in [2.24, 2.45) is 0 Å². The summed E-state index contributed by atoms with van der Waals surface area (Å²) in [6.45, 7) is 0.630. The third-order valence-corrected chi connectivity index (χ3v) is 2.96. The molecule has 0 aliphatic carbocycles. The van der Waals surface area contributed by atoms with Crippen LogP contribution >= 0.6 is 15.9 Å². The van der Waals surface area contributed by atoms with E-state index in [-0.39, 0.29) is 6.03 Å². The molecule has 1 aromatic carbocycles. The third-order valence-electron chi connectivity index (χ3n) is 2.46. The van der Waals surface area contributed by atoms with E-state index in [0.717, 1.165) is 21.1 Å². The van der Waals surface area contributed by atoms with Crippen LogP contribution in [0.3, 0.4) is 0 Å². The molecule has 1 N–H and O–H groups in total. The minimum Gasteiger partial charge on any atom is -0.332 e. The molecule has 1 amide bonds. The van der Waals surface area contributed by atoms with Gasteiger partial charge in [0.2, 0.25) is 0 Å². The smallest absolute Gasteiger partial charge is 0.326 e. The summed E-state index contributed by atoms with van der Waals surface area (Å²) in [5, 5.41) is 3.89. The number of hydrogen-bond acceptors (Lipinski definition) is 1. The van der Waals surface area contributed by atoms with Crippen LogP contribution in [0.4, 0.5) is 4.79 Å². The summed E-state index contributed by atoms with van der Waals surface area (Å²) < 4.78 is 2.76. The van der Waals surface area contributed by atoms with Crippen molar-refractivity contribution < 1.29 is 4.79 Å². The Labute approximate surface area is 88.8 Å². The van der Waals surface area contributed by atoms with Crippen molar-refractivity contribution in [2.75, 3.05) is 0 Å². The number of rotatable bonds is 0. The summed E-state index contributed by atoms with van der Waals surface area (Å²) >= 11 is 3.41. The van der Waals surface area contributed by atoms with Crippen LogP contribution in [0.2, 0.25) is 0 Å². The molecule has 3 nitrogen and oxygen atoms in total. The van der Waals surface area contributed by atoms with Gasteiger partial charge in [0, 0.05) is 15.6 Å². The third kappa shape index (κ3) is 0.944. The second-order valence-electron chi connectivity index (χ2n) is 3.33. The summed E-state index contributed by atoms with van der Waals surface area (Å²) in [7, 11) is 0. The van der Waals surface area contributed by atoms with Gasteiger partial charge in [0.25, 0.3) is 0 Å². The number of nitrogens with zero attached hydrogens (tertiary/aromatic N) is 1. The number of benzene rings is 1. The lowest BCUT2D eigenvalue weighted by molar-refractivity contribution is 0.247. The number of amides is 1. The van der Waals surface area contributed by atoms with Gasteiger partial charge in [-0.2, -0.15) is 0 Å². The molecule has 1 aliphatic heterocycles. The Morgan fingerprint density at radius 1 is 1.36 bits per heavy atom. The Morgan fingerprint density at radius 3 is 3.07 bits per heavy atom. The lowest BCUT2D eigenvalue weighted by Crippen LogP contribution is -2.17. The molecule has 0 spiro atoms. The van der Waals surface area contributed by atoms with E-state index in [1.54, 1.807) is 4.57 Å². The number of carbonyl (C=O) groups excluding carboxylic acids is 1. The largest absolute Gasteiger partial charge is 0.332 e. The molecule has 0 atom stereocenters. The predicted octanol–water partition coefficient (Wildman–Crippen LogP) is 2.48. The van der Waals surface area contributed by atoms with Crippen molar-refractivity contribution in [2.45, 2.75) is 6.54 Å². The van der Waals surface area contributed by atoms with Crippen LogP contribution in [0.1, 0.15) is 5.69 Å². The number of aromatic nitrogens is 1. The van der Waals surface area contributed by atoms with Crippen molar-refractivity contribution in [1.29, 1.82) is 0 Å². The second kappa shape index (κ2) is 2.60. The van der Waals surface area contributed by atoms with Crippen LogP contribution in [-0.4, -0.2) is 10.6 Å². The molecule has 0 saturated carbocycles. The molecule has 0 fully saturated rings. The standard InChI is InChI=1S/C10H7BrN2O/c11-7-1-2-9-6(3-7)4-8-5-12-10(14)13(8)9/h1-4H,5H2,(H,12,14). The average molecular weight is 251 g/mol. The lowest BCUT2D eigenvalue weighted by atomic mass is 10.2.